The summed E-state index contributed by atoms with van der Waals surface area (Å²) < 4.78 is 34.1. The lowest BCUT2D eigenvalue weighted by atomic mass is 10.2. The maximum absolute atomic E-state index is 12.8. The third-order valence-electron chi connectivity index (χ3n) is 5.49. The lowest BCUT2D eigenvalue weighted by Crippen LogP contribution is -2.27. The van der Waals surface area contributed by atoms with E-state index in [1.165, 1.54) is 12.8 Å². The molecule has 7 heteroatoms. The van der Waals surface area contributed by atoms with Gasteiger partial charge in [0.05, 0.1) is 4.90 Å². The minimum Gasteiger partial charge on any atom is -0.492 e. The Labute approximate surface area is 180 Å². The fourth-order valence-corrected chi connectivity index (χ4v) is 4.80. The van der Waals surface area contributed by atoms with Gasteiger partial charge in [0.2, 0.25) is 0 Å². The van der Waals surface area contributed by atoms with Crippen LogP contribution in [0.1, 0.15) is 32.3 Å². The first-order valence-electron chi connectivity index (χ1n) is 10.8. The Morgan fingerprint density at radius 1 is 1.03 bits per heavy atom. The van der Waals surface area contributed by atoms with E-state index in [0.717, 1.165) is 50.6 Å². The molecular weight excluding hydrogens is 398 g/mol. The van der Waals surface area contributed by atoms with Crippen LogP contribution in [0.3, 0.4) is 0 Å². The van der Waals surface area contributed by atoms with Gasteiger partial charge in [0.25, 0.3) is 10.0 Å². The first-order chi connectivity index (χ1) is 14.5. The molecule has 0 spiro atoms. The largest absolute Gasteiger partial charge is 0.492 e. The summed E-state index contributed by atoms with van der Waals surface area (Å²) in [6.45, 7) is 10.7. The van der Waals surface area contributed by atoms with Crippen molar-refractivity contribution in [3.05, 3.63) is 54.1 Å². The van der Waals surface area contributed by atoms with Gasteiger partial charge in [0.15, 0.2) is 0 Å². The number of sulfonamides is 1. The van der Waals surface area contributed by atoms with Crippen LogP contribution in [0, 0.1) is 0 Å². The lowest BCUT2D eigenvalue weighted by Gasteiger charge is -2.18. The molecule has 2 aromatic carbocycles. The Kier molecular flexibility index (Phi) is 8.13. The highest BCUT2D eigenvalue weighted by atomic mass is 32.2. The predicted molar refractivity (Wildman–Crippen MR) is 121 cm³/mol. The molecule has 0 aromatic heterocycles. The van der Waals surface area contributed by atoms with Crippen LogP contribution >= 0.6 is 0 Å². The summed E-state index contributed by atoms with van der Waals surface area (Å²) in [6, 6.07) is 14.3. The van der Waals surface area contributed by atoms with E-state index in [9.17, 15) is 8.42 Å². The molecule has 0 amide bonds. The lowest BCUT2D eigenvalue weighted by molar-refractivity contribution is 0.223. The van der Waals surface area contributed by atoms with Gasteiger partial charge in [0.1, 0.15) is 12.4 Å². The van der Waals surface area contributed by atoms with Crippen molar-refractivity contribution in [3.63, 3.8) is 0 Å². The molecule has 2 aromatic rings. The molecule has 1 heterocycles. The van der Waals surface area contributed by atoms with Gasteiger partial charge in [-0.1, -0.05) is 26.0 Å². The number of nitrogens with zero attached hydrogens (tertiary/aromatic N) is 2. The highest BCUT2D eigenvalue weighted by molar-refractivity contribution is 7.92. The van der Waals surface area contributed by atoms with E-state index in [0.29, 0.717) is 17.2 Å². The van der Waals surface area contributed by atoms with E-state index in [-0.39, 0.29) is 0 Å². The zero-order chi connectivity index (χ0) is 21.4. The number of likely N-dealkylation sites (N-methyl/N-ethyl adjacent to an activating group) is 1. The van der Waals surface area contributed by atoms with Gasteiger partial charge >= 0.3 is 0 Å². The van der Waals surface area contributed by atoms with Gasteiger partial charge in [-0.25, -0.2) is 8.42 Å². The van der Waals surface area contributed by atoms with Crippen LogP contribution in [0.25, 0.3) is 0 Å². The van der Waals surface area contributed by atoms with E-state index in [2.05, 4.69) is 28.4 Å². The van der Waals surface area contributed by atoms with Gasteiger partial charge in [-0.15, -0.1) is 0 Å². The van der Waals surface area contributed by atoms with E-state index in [1.54, 1.807) is 36.4 Å². The number of benzene rings is 2. The molecule has 0 atom stereocenters. The van der Waals surface area contributed by atoms with Crippen LogP contribution in [0.2, 0.25) is 0 Å². The molecule has 0 bridgehead atoms. The Hall–Kier alpha value is -2.09. The highest BCUT2D eigenvalue weighted by Crippen LogP contribution is 2.21. The van der Waals surface area contributed by atoms with Crippen LogP contribution in [0.4, 0.5) is 5.69 Å². The van der Waals surface area contributed by atoms with Crippen LogP contribution in [0.5, 0.6) is 5.75 Å². The molecule has 1 saturated heterocycles. The van der Waals surface area contributed by atoms with E-state index in [4.69, 9.17) is 4.74 Å². The molecule has 30 heavy (non-hydrogen) atoms. The normalized spacial score (nSPS) is 14.9. The molecule has 1 aliphatic heterocycles. The number of anilines is 1. The number of rotatable bonds is 11. The fourth-order valence-electron chi connectivity index (χ4n) is 3.68. The first kappa shape index (κ1) is 22.6. The number of ether oxygens (including phenoxy) is 1. The Bertz CT molecular complexity index is 890. The van der Waals surface area contributed by atoms with Gasteiger partial charge in [-0.05, 0) is 81.0 Å². The molecular formula is C23H33N3O3S. The average Bonchev–Trinajstić information content (AvgIpc) is 3.25. The number of hydrogen-bond donors (Lipinski definition) is 1. The van der Waals surface area contributed by atoms with Crippen molar-refractivity contribution in [1.82, 2.24) is 9.80 Å². The van der Waals surface area contributed by atoms with Gasteiger partial charge in [-0.3, -0.25) is 9.62 Å². The third-order valence-corrected chi connectivity index (χ3v) is 6.87. The number of likely N-dealkylation sites (tertiary alicyclic amines) is 1. The Morgan fingerprint density at radius 2 is 1.73 bits per heavy atom. The van der Waals surface area contributed by atoms with Crippen molar-refractivity contribution < 1.29 is 13.2 Å². The zero-order valence-corrected chi connectivity index (χ0v) is 18.8. The molecule has 0 radical (unpaired) electrons. The molecule has 0 unspecified atom stereocenters. The van der Waals surface area contributed by atoms with Gasteiger partial charge < -0.3 is 9.64 Å². The second-order valence-corrected chi connectivity index (χ2v) is 9.32. The molecule has 0 saturated carbocycles. The fraction of sp³-hybridized carbons (Fsp3) is 0.478. The summed E-state index contributed by atoms with van der Waals surface area (Å²) in [5.41, 5.74) is 1.55. The summed E-state index contributed by atoms with van der Waals surface area (Å²) in [5, 5.41) is 0. The van der Waals surface area contributed by atoms with Gasteiger partial charge in [-0.2, -0.15) is 0 Å². The molecule has 1 N–H and O–H groups in total. The summed E-state index contributed by atoms with van der Waals surface area (Å²) in [6.07, 6.45) is 2.43. The molecule has 164 valence electrons. The van der Waals surface area contributed by atoms with Crippen molar-refractivity contribution in [2.24, 2.45) is 0 Å². The summed E-state index contributed by atoms with van der Waals surface area (Å²) in [7, 11) is -3.63. The van der Waals surface area contributed by atoms with E-state index < -0.39 is 10.0 Å². The van der Waals surface area contributed by atoms with Crippen LogP contribution in [-0.2, 0) is 16.6 Å². The monoisotopic (exact) mass is 431 g/mol. The van der Waals surface area contributed by atoms with Crippen molar-refractivity contribution in [2.75, 3.05) is 44.1 Å². The molecule has 1 fully saturated rings. The summed E-state index contributed by atoms with van der Waals surface area (Å²) in [5.74, 6) is 0.734. The van der Waals surface area contributed by atoms with Crippen molar-refractivity contribution in [1.29, 1.82) is 0 Å². The first-order valence-corrected chi connectivity index (χ1v) is 12.3. The number of nitrogens with one attached hydrogen (secondary N) is 1. The van der Waals surface area contributed by atoms with Crippen molar-refractivity contribution in [3.8, 4) is 5.75 Å². The minimum atomic E-state index is -3.63. The van der Waals surface area contributed by atoms with Crippen molar-refractivity contribution in [2.45, 2.75) is 38.1 Å². The highest BCUT2D eigenvalue weighted by Gasteiger charge is 2.17. The maximum Gasteiger partial charge on any atom is 0.261 e. The van der Waals surface area contributed by atoms with E-state index >= 15 is 0 Å². The van der Waals surface area contributed by atoms with Gasteiger partial charge in [0, 0.05) is 18.8 Å². The molecule has 6 nitrogen and oxygen atoms in total. The van der Waals surface area contributed by atoms with Crippen molar-refractivity contribution >= 4 is 15.7 Å². The SMILES string of the molecule is CCN(CC)CCOc1ccc(NS(=O)(=O)c2cccc(CN3CCCC3)c2)cc1. The molecule has 1 aliphatic rings. The number of hydrogen-bond acceptors (Lipinski definition) is 5. The van der Waals surface area contributed by atoms with E-state index in [1.807, 2.05) is 12.1 Å². The zero-order valence-electron chi connectivity index (χ0n) is 18.0. The van der Waals surface area contributed by atoms with Crippen LogP contribution in [0.15, 0.2) is 53.4 Å². The second kappa shape index (κ2) is 10.8. The Balaban J connectivity index is 1.58. The minimum absolute atomic E-state index is 0.291. The topological polar surface area (TPSA) is 61.9 Å². The quantitative estimate of drug-likeness (QED) is 0.586. The smallest absolute Gasteiger partial charge is 0.261 e. The Morgan fingerprint density at radius 3 is 2.40 bits per heavy atom. The average molecular weight is 432 g/mol. The predicted octanol–water partition coefficient (Wildman–Crippen LogP) is 3.80. The molecule has 3 rings (SSSR count). The summed E-state index contributed by atoms with van der Waals surface area (Å²) in [4.78, 5) is 4.94. The van der Waals surface area contributed by atoms with Crippen LogP contribution < -0.4 is 9.46 Å². The molecule has 0 aliphatic carbocycles. The van der Waals surface area contributed by atoms with Crippen LogP contribution in [-0.4, -0.2) is 57.5 Å². The second-order valence-electron chi connectivity index (χ2n) is 7.64. The third kappa shape index (κ3) is 6.45. The summed E-state index contributed by atoms with van der Waals surface area (Å²) >= 11 is 0. The maximum atomic E-state index is 12.8. The standard InChI is InChI=1S/C23H33N3O3S/c1-3-25(4-2)16-17-29-22-12-10-21(11-13-22)24-30(27,28)23-9-7-8-20(18-23)19-26-14-5-6-15-26/h7-13,18,24H,3-6,14-17,19H2,1-2H3.